The SMILES string of the molecule is C=C/C=C\C=C(/CCO)OCl. The minimum atomic E-state index is 0.0283. The lowest BCUT2D eigenvalue weighted by Crippen LogP contribution is -1.87. The fraction of sp³-hybridized carbons (Fsp3) is 0.250. The molecule has 0 rings (SSSR count). The molecule has 0 aromatic rings. The third-order valence-corrected chi connectivity index (χ3v) is 1.18. The quantitative estimate of drug-likeness (QED) is 0.511. The molecule has 0 amide bonds. The van der Waals surface area contributed by atoms with Crippen LogP contribution in [0.5, 0.6) is 0 Å². The average molecular weight is 175 g/mol. The molecule has 0 aliphatic carbocycles. The topological polar surface area (TPSA) is 29.5 Å². The van der Waals surface area contributed by atoms with Crippen LogP contribution in [0.25, 0.3) is 0 Å². The Kier molecular flexibility index (Phi) is 6.89. The molecule has 3 heteroatoms. The Morgan fingerprint density at radius 3 is 2.73 bits per heavy atom. The summed E-state index contributed by atoms with van der Waals surface area (Å²) in [5.74, 6) is 0.535. The van der Waals surface area contributed by atoms with E-state index in [9.17, 15) is 0 Å². The molecule has 0 aromatic heterocycles. The van der Waals surface area contributed by atoms with Crippen molar-refractivity contribution >= 4 is 11.9 Å². The van der Waals surface area contributed by atoms with Crippen LogP contribution in [0, 0.1) is 0 Å². The second-order valence-corrected chi connectivity index (χ2v) is 1.96. The van der Waals surface area contributed by atoms with Crippen LogP contribution in [-0.4, -0.2) is 11.7 Å². The van der Waals surface area contributed by atoms with E-state index in [0.717, 1.165) is 0 Å². The number of allylic oxidation sites excluding steroid dienone is 4. The Balaban J connectivity index is 3.88. The Bertz CT molecular complexity index is 161. The van der Waals surface area contributed by atoms with E-state index in [1.54, 1.807) is 24.3 Å². The maximum Gasteiger partial charge on any atom is 0.134 e. The van der Waals surface area contributed by atoms with Gasteiger partial charge >= 0.3 is 0 Å². The third-order valence-electron chi connectivity index (χ3n) is 0.987. The molecule has 11 heavy (non-hydrogen) atoms. The first-order valence-electron chi connectivity index (χ1n) is 3.23. The van der Waals surface area contributed by atoms with Gasteiger partial charge in [-0.05, 0) is 6.08 Å². The highest BCUT2D eigenvalue weighted by molar-refractivity contribution is 6.08. The number of rotatable bonds is 5. The highest BCUT2D eigenvalue weighted by Crippen LogP contribution is 2.05. The molecule has 1 N–H and O–H groups in total. The van der Waals surface area contributed by atoms with Gasteiger partial charge in [-0.3, -0.25) is 0 Å². The second-order valence-electron chi connectivity index (χ2n) is 1.80. The van der Waals surface area contributed by atoms with Gasteiger partial charge in [0.2, 0.25) is 0 Å². The molecule has 0 aliphatic heterocycles. The van der Waals surface area contributed by atoms with Gasteiger partial charge in [0.15, 0.2) is 0 Å². The Hall–Kier alpha value is -0.730. The smallest absolute Gasteiger partial charge is 0.134 e. The number of hydrogen-bond donors (Lipinski definition) is 1. The molecule has 0 bridgehead atoms. The van der Waals surface area contributed by atoms with E-state index in [-0.39, 0.29) is 6.61 Å². The highest BCUT2D eigenvalue weighted by atomic mass is 35.5. The van der Waals surface area contributed by atoms with E-state index in [1.807, 2.05) is 0 Å². The van der Waals surface area contributed by atoms with Crippen LogP contribution >= 0.6 is 11.9 Å². The lowest BCUT2D eigenvalue weighted by atomic mass is 10.3. The largest absolute Gasteiger partial charge is 0.396 e. The maximum absolute atomic E-state index is 8.50. The molecule has 0 radical (unpaired) electrons. The number of aliphatic hydroxyl groups excluding tert-OH is 1. The van der Waals surface area contributed by atoms with Gasteiger partial charge in [0.25, 0.3) is 0 Å². The van der Waals surface area contributed by atoms with Gasteiger partial charge in [0.05, 0.1) is 6.61 Å². The maximum atomic E-state index is 8.50. The molecule has 0 aromatic carbocycles. The van der Waals surface area contributed by atoms with Crippen LogP contribution < -0.4 is 0 Å². The first-order chi connectivity index (χ1) is 5.35. The Morgan fingerprint density at radius 1 is 1.55 bits per heavy atom. The van der Waals surface area contributed by atoms with Gasteiger partial charge < -0.3 is 9.40 Å². The summed E-state index contributed by atoms with van der Waals surface area (Å²) in [4.78, 5) is 0. The van der Waals surface area contributed by atoms with E-state index < -0.39 is 0 Å². The van der Waals surface area contributed by atoms with Crippen molar-refractivity contribution in [1.82, 2.24) is 0 Å². The van der Waals surface area contributed by atoms with Gasteiger partial charge in [-0.1, -0.05) is 24.8 Å². The van der Waals surface area contributed by atoms with Crippen molar-refractivity contribution in [3.05, 3.63) is 36.6 Å². The summed E-state index contributed by atoms with van der Waals surface area (Å²) in [5, 5.41) is 8.50. The van der Waals surface area contributed by atoms with Crippen molar-refractivity contribution in [2.45, 2.75) is 6.42 Å². The van der Waals surface area contributed by atoms with Crippen LogP contribution in [0.3, 0.4) is 0 Å². The van der Waals surface area contributed by atoms with Crippen molar-refractivity contribution in [1.29, 1.82) is 0 Å². The number of hydrogen-bond acceptors (Lipinski definition) is 2. The summed E-state index contributed by atoms with van der Waals surface area (Å²) in [5.41, 5.74) is 0. The van der Waals surface area contributed by atoms with Crippen LogP contribution in [0.15, 0.2) is 36.6 Å². The molecule has 2 nitrogen and oxygen atoms in total. The number of halogens is 1. The fourth-order valence-electron chi connectivity index (χ4n) is 0.499. The average Bonchev–Trinajstić information content (AvgIpc) is 2.03. The van der Waals surface area contributed by atoms with E-state index in [1.165, 1.54) is 0 Å². The third kappa shape index (κ3) is 5.70. The number of aliphatic hydroxyl groups is 1. The summed E-state index contributed by atoms with van der Waals surface area (Å²) in [6, 6.07) is 0. The second kappa shape index (κ2) is 7.38. The summed E-state index contributed by atoms with van der Waals surface area (Å²) in [6.45, 7) is 3.52. The first-order valence-corrected chi connectivity index (χ1v) is 3.53. The Labute approximate surface area is 71.6 Å². The summed E-state index contributed by atoms with van der Waals surface area (Å²) >= 11 is 5.09. The van der Waals surface area contributed by atoms with Gasteiger partial charge in [0.1, 0.15) is 17.6 Å². The van der Waals surface area contributed by atoms with Crippen molar-refractivity contribution in [3.63, 3.8) is 0 Å². The van der Waals surface area contributed by atoms with Crippen molar-refractivity contribution < 1.29 is 9.40 Å². The molecule has 62 valence electrons. The molecule has 0 atom stereocenters. The predicted molar refractivity (Wildman–Crippen MR) is 46.1 cm³/mol. The molecule has 0 fully saturated rings. The predicted octanol–water partition coefficient (Wildman–Crippen LogP) is 2.17. The van der Waals surface area contributed by atoms with Gasteiger partial charge in [-0.15, -0.1) is 0 Å². The summed E-state index contributed by atoms with van der Waals surface area (Å²) < 4.78 is 4.43. The standard InChI is InChI=1S/C8H11ClO2/c1-2-3-4-5-8(11-9)6-7-10/h2-5,10H,1,6-7H2/b4-3-,8-5+. The van der Waals surface area contributed by atoms with Crippen LogP contribution in [0.1, 0.15) is 6.42 Å². The monoisotopic (exact) mass is 174 g/mol. The fourth-order valence-corrected chi connectivity index (χ4v) is 0.628. The summed E-state index contributed by atoms with van der Waals surface area (Å²) in [7, 11) is 0. The van der Waals surface area contributed by atoms with Crippen molar-refractivity contribution in [3.8, 4) is 0 Å². The molecule has 0 saturated carbocycles. The summed E-state index contributed by atoms with van der Waals surface area (Å²) in [6.07, 6.45) is 7.21. The van der Waals surface area contributed by atoms with E-state index >= 15 is 0 Å². The van der Waals surface area contributed by atoms with E-state index in [0.29, 0.717) is 12.2 Å². The minimum Gasteiger partial charge on any atom is -0.396 e. The van der Waals surface area contributed by atoms with Crippen LogP contribution in [-0.2, 0) is 4.29 Å². The zero-order valence-corrected chi connectivity index (χ0v) is 6.92. The highest BCUT2D eigenvalue weighted by Gasteiger charge is 1.92. The van der Waals surface area contributed by atoms with Crippen molar-refractivity contribution in [2.24, 2.45) is 0 Å². The molecule has 0 saturated heterocycles. The van der Waals surface area contributed by atoms with Gasteiger partial charge in [-0.2, -0.15) is 0 Å². The minimum absolute atomic E-state index is 0.0283. The van der Waals surface area contributed by atoms with Gasteiger partial charge in [0, 0.05) is 6.42 Å². The normalized spacial score (nSPS) is 12.0. The van der Waals surface area contributed by atoms with Gasteiger partial charge in [-0.25, -0.2) is 0 Å². The van der Waals surface area contributed by atoms with Crippen LogP contribution in [0.2, 0.25) is 0 Å². The molecule has 0 heterocycles. The van der Waals surface area contributed by atoms with E-state index in [4.69, 9.17) is 17.0 Å². The van der Waals surface area contributed by atoms with E-state index in [2.05, 4.69) is 10.9 Å². The van der Waals surface area contributed by atoms with Crippen molar-refractivity contribution in [2.75, 3.05) is 6.61 Å². The van der Waals surface area contributed by atoms with Crippen LogP contribution in [0.4, 0.5) is 0 Å². The first kappa shape index (κ1) is 10.3. The molecule has 0 unspecified atom stereocenters. The Morgan fingerprint density at radius 2 is 2.27 bits per heavy atom. The zero-order chi connectivity index (χ0) is 8.53. The lowest BCUT2D eigenvalue weighted by molar-refractivity contribution is 0.278. The molecule has 0 spiro atoms. The molecule has 0 aliphatic rings. The molecular formula is C8H11ClO2. The molecular weight excluding hydrogens is 164 g/mol. The zero-order valence-electron chi connectivity index (χ0n) is 6.16. The lowest BCUT2D eigenvalue weighted by Gasteiger charge is -1.96.